The van der Waals surface area contributed by atoms with Crippen LogP contribution in [0.3, 0.4) is 0 Å². The predicted octanol–water partition coefficient (Wildman–Crippen LogP) is 3.65. The van der Waals surface area contributed by atoms with Gasteiger partial charge in [0.2, 0.25) is 5.91 Å². The lowest BCUT2D eigenvalue weighted by atomic mass is 10.2. The van der Waals surface area contributed by atoms with Crippen molar-refractivity contribution in [2.24, 2.45) is 0 Å². The molecule has 1 atom stereocenters. The SMILES string of the molecule is CC(OC(=O)c1ccc(N2CCCC2=O)cc1)C(=O)Nc1ccccc1Cl. The Bertz CT molecular complexity index is 867. The molecule has 140 valence electrons. The molecule has 1 aliphatic heterocycles. The third-order valence-electron chi connectivity index (χ3n) is 4.27. The smallest absolute Gasteiger partial charge is 0.338 e. The van der Waals surface area contributed by atoms with Crippen LogP contribution in [0.2, 0.25) is 5.02 Å². The molecule has 6 nitrogen and oxygen atoms in total. The van der Waals surface area contributed by atoms with E-state index in [0.29, 0.717) is 29.2 Å². The van der Waals surface area contributed by atoms with Crippen molar-refractivity contribution in [3.05, 3.63) is 59.1 Å². The first kappa shape index (κ1) is 18.9. The number of rotatable bonds is 5. The Morgan fingerprint density at radius 1 is 1.15 bits per heavy atom. The molecule has 2 aromatic rings. The summed E-state index contributed by atoms with van der Waals surface area (Å²) in [5, 5.41) is 3.03. The Hall–Kier alpha value is -2.86. The van der Waals surface area contributed by atoms with Gasteiger partial charge in [-0.15, -0.1) is 0 Å². The summed E-state index contributed by atoms with van der Waals surface area (Å²) in [6.45, 7) is 2.17. The summed E-state index contributed by atoms with van der Waals surface area (Å²) in [5.41, 5.74) is 1.51. The van der Waals surface area contributed by atoms with Crippen molar-refractivity contribution in [1.82, 2.24) is 0 Å². The highest BCUT2D eigenvalue weighted by molar-refractivity contribution is 6.33. The van der Waals surface area contributed by atoms with E-state index in [4.69, 9.17) is 16.3 Å². The first-order valence-electron chi connectivity index (χ1n) is 8.62. The van der Waals surface area contributed by atoms with Crippen molar-refractivity contribution < 1.29 is 19.1 Å². The van der Waals surface area contributed by atoms with Gasteiger partial charge in [0.25, 0.3) is 5.91 Å². The molecule has 0 bridgehead atoms. The van der Waals surface area contributed by atoms with Gasteiger partial charge in [-0.1, -0.05) is 23.7 Å². The number of ether oxygens (including phenoxy) is 1. The average Bonchev–Trinajstić information content (AvgIpc) is 3.09. The number of halogens is 1. The molecule has 0 spiro atoms. The van der Waals surface area contributed by atoms with Crippen LogP contribution in [0.5, 0.6) is 0 Å². The van der Waals surface area contributed by atoms with Crippen molar-refractivity contribution in [1.29, 1.82) is 0 Å². The fraction of sp³-hybridized carbons (Fsp3) is 0.250. The Kier molecular flexibility index (Phi) is 5.76. The number of hydrogen-bond acceptors (Lipinski definition) is 4. The van der Waals surface area contributed by atoms with E-state index in [1.165, 1.54) is 6.92 Å². The zero-order chi connectivity index (χ0) is 19.4. The van der Waals surface area contributed by atoms with Crippen LogP contribution in [0.4, 0.5) is 11.4 Å². The quantitative estimate of drug-likeness (QED) is 0.796. The van der Waals surface area contributed by atoms with Crippen molar-refractivity contribution in [3.8, 4) is 0 Å². The molecule has 27 heavy (non-hydrogen) atoms. The minimum absolute atomic E-state index is 0.0789. The molecule has 0 aromatic heterocycles. The number of amides is 2. The standard InChI is InChI=1S/C20H19ClN2O4/c1-13(19(25)22-17-6-3-2-5-16(17)21)27-20(26)14-8-10-15(11-9-14)23-12-4-7-18(23)24/h2-3,5-6,8-11,13H,4,7,12H2,1H3,(H,22,25). The van der Waals surface area contributed by atoms with Crippen molar-refractivity contribution in [2.75, 3.05) is 16.8 Å². The minimum atomic E-state index is -0.992. The number of esters is 1. The number of benzene rings is 2. The molecule has 0 aliphatic carbocycles. The average molecular weight is 387 g/mol. The summed E-state index contributed by atoms with van der Waals surface area (Å²) in [4.78, 5) is 37.9. The van der Waals surface area contributed by atoms with Gasteiger partial charge in [-0.2, -0.15) is 0 Å². The van der Waals surface area contributed by atoms with Crippen LogP contribution < -0.4 is 10.2 Å². The molecule has 3 rings (SSSR count). The second-order valence-corrected chi connectivity index (χ2v) is 6.62. The van der Waals surface area contributed by atoms with E-state index in [0.717, 1.165) is 12.1 Å². The van der Waals surface area contributed by atoms with Gasteiger partial charge in [-0.05, 0) is 49.7 Å². The Morgan fingerprint density at radius 3 is 2.48 bits per heavy atom. The van der Waals surface area contributed by atoms with Gasteiger partial charge < -0.3 is 15.0 Å². The van der Waals surface area contributed by atoms with Crippen LogP contribution in [-0.4, -0.2) is 30.4 Å². The van der Waals surface area contributed by atoms with Crippen molar-refractivity contribution in [2.45, 2.75) is 25.9 Å². The molecule has 2 amide bonds. The van der Waals surface area contributed by atoms with Gasteiger partial charge in [-0.25, -0.2) is 4.79 Å². The molecule has 1 saturated heterocycles. The first-order chi connectivity index (χ1) is 13.0. The van der Waals surface area contributed by atoms with Crippen LogP contribution in [0.15, 0.2) is 48.5 Å². The third kappa shape index (κ3) is 4.46. The maximum absolute atomic E-state index is 12.3. The number of hydrogen-bond donors (Lipinski definition) is 1. The summed E-state index contributed by atoms with van der Waals surface area (Å²) in [7, 11) is 0. The lowest BCUT2D eigenvalue weighted by Gasteiger charge is -2.16. The molecule has 1 unspecified atom stereocenters. The highest BCUT2D eigenvalue weighted by atomic mass is 35.5. The summed E-state index contributed by atoms with van der Waals surface area (Å²) < 4.78 is 5.22. The summed E-state index contributed by atoms with van der Waals surface area (Å²) in [5.74, 6) is -1.01. The van der Waals surface area contributed by atoms with E-state index < -0.39 is 18.0 Å². The molecule has 1 N–H and O–H groups in total. The van der Waals surface area contributed by atoms with Gasteiger partial charge in [0.15, 0.2) is 6.10 Å². The van der Waals surface area contributed by atoms with E-state index in [1.54, 1.807) is 53.4 Å². The largest absolute Gasteiger partial charge is 0.449 e. The Morgan fingerprint density at radius 2 is 1.85 bits per heavy atom. The molecule has 0 saturated carbocycles. The van der Waals surface area contributed by atoms with Gasteiger partial charge in [0.05, 0.1) is 16.3 Å². The Balaban J connectivity index is 1.60. The van der Waals surface area contributed by atoms with Gasteiger partial charge in [-0.3, -0.25) is 9.59 Å². The van der Waals surface area contributed by atoms with Gasteiger partial charge in [0, 0.05) is 18.7 Å². The minimum Gasteiger partial charge on any atom is -0.449 e. The number of anilines is 2. The number of carbonyl (C=O) groups is 3. The summed E-state index contributed by atoms with van der Waals surface area (Å²) in [6, 6.07) is 13.4. The predicted molar refractivity (Wildman–Crippen MR) is 103 cm³/mol. The first-order valence-corrected chi connectivity index (χ1v) is 9.00. The zero-order valence-electron chi connectivity index (χ0n) is 14.8. The van der Waals surface area contributed by atoms with E-state index in [1.807, 2.05) is 0 Å². The van der Waals surface area contributed by atoms with Crippen LogP contribution in [0.1, 0.15) is 30.1 Å². The number of nitrogens with zero attached hydrogens (tertiary/aromatic N) is 1. The number of nitrogens with one attached hydrogen (secondary N) is 1. The van der Waals surface area contributed by atoms with Gasteiger partial charge in [0.1, 0.15) is 0 Å². The van der Waals surface area contributed by atoms with Crippen LogP contribution >= 0.6 is 11.6 Å². The maximum Gasteiger partial charge on any atom is 0.338 e. The van der Waals surface area contributed by atoms with Crippen LogP contribution in [0, 0.1) is 0 Å². The summed E-state index contributed by atoms with van der Waals surface area (Å²) >= 11 is 6.00. The third-order valence-corrected chi connectivity index (χ3v) is 4.60. The molecule has 1 heterocycles. The normalized spacial score (nSPS) is 14.7. The van der Waals surface area contributed by atoms with E-state index >= 15 is 0 Å². The van der Waals surface area contributed by atoms with Crippen molar-refractivity contribution in [3.63, 3.8) is 0 Å². The van der Waals surface area contributed by atoms with E-state index in [2.05, 4.69) is 5.32 Å². The van der Waals surface area contributed by atoms with E-state index in [-0.39, 0.29) is 5.91 Å². The molecule has 1 fully saturated rings. The highest BCUT2D eigenvalue weighted by Crippen LogP contribution is 2.23. The topological polar surface area (TPSA) is 75.7 Å². The second kappa shape index (κ2) is 8.22. The zero-order valence-corrected chi connectivity index (χ0v) is 15.5. The lowest BCUT2D eigenvalue weighted by Crippen LogP contribution is -2.30. The lowest BCUT2D eigenvalue weighted by molar-refractivity contribution is -0.123. The Labute approximate surface area is 162 Å². The molecular formula is C20H19ClN2O4. The molecule has 1 aliphatic rings. The fourth-order valence-electron chi connectivity index (χ4n) is 2.78. The van der Waals surface area contributed by atoms with Gasteiger partial charge >= 0.3 is 5.97 Å². The maximum atomic E-state index is 12.3. The molecule has 0 radical (unpaired) electrons. The molecule has 7 heteroatoms. The van der Waals surface area contributed by atoms with E-state index in [9.17, 15) is 14.4 Å². The number of carbonyl (C=O) groups excluding carboxylic acids is 3. The van der Waals surface area contributed by atoms with Crippen LogP contribution in [-0.2, 0) is 14.3 Å². The highest BCUT2D eigenvalue weighted by Gasteiger charge is 2.23. The second-order valence-electron chi connectivity index (χ2n) is 6.21. The fourth-order valence-corrected chi connectivity index (χ4v) is 2.96. The van der Waals surface area contributed by atoms with Crippen LogP contribution in [0.25, 0.3) is 0 Å². The molecular weight excluding hydrogens is 368 g/mol. The van der Waals surface area contributed by atoms with Crippen molar-refractivity contribution >= 4 is 40.8 Å². The number of para-hydroxylation sites is 1. The monoisotopic (exact) mass is 386 g/mol. The molecule has 2 aromatic carbocycles. The summed E-state index contributed by atoms with van der Waals surface area (Å²) in [6.07, 6.45) is 0.385.